The maximum atomic E-state index is 12.8. The average Bonchev–Trinajstić information content (AvgIpc) is 2.77. The number of aromatic nitrogens is 1. The first kappa shape index (κ1) is 15.0. The number of carbonyl (C=O) groups excluding carboxylic acids is 1. The molecule has 2 rings (SSSR count). The zero-order valence-electron chi connectivity index (χ0n) is 11.8. The number of carbonyl (C=O) groups is 1. The van der Waals surface area contributed by atoms with Gasteiger partial charge in [0.05, 0.1) is 0 Å². The van der Waals surface area contributed by atoms with Crippen LogP contribution >= 0.6 is 0 Å². The van der Waals surface area contributed by atoms with E-state index in [1.807, 2.05) is 0 Å². The highest BCUT2D eigenvalue weighted by Crippen LogP contribution is 2.29. The molecule has 1 saturated heterocycles. The zero-order chi connectivity index (χ0) is 14.9. The molecule has 1 fully saturated rings. The normalized spacial score (nSPS) is 20.9. The van der Waals surface area contributed by atoms with E-state index in [9.17, 15) is 13.2 Å². The van der Waals surface area contributed by atoms with Crippen LogP contribution in [0.25, 0.3) is 0 Å². The SMILES string of the molecule is CNC(=O)[C@@H]1CCCCN1S(=O)(=O)c1c(C)noc1C. The van der Waals surface area contributed by atoms with Crippen LogP contribution in [0.4, 0.5) is 0 Å². The Morgan fingerprint density at radius 3 is 2.65 bits per heavy atom. The van der Waals surface area contributed by atoms with Gasteiger partial charge in [0.1, 0.15) is 16.6 Å². The third kappa shape index (κ3) is 2.45. The van der Waals surface area contributed by atoms with E-state index >= 15 is 0 Å². The Balaban J connectivity index is 2.44. The summed E-state index contributed by atoms with van der Waals surface area (Å²) in [6.45, 7) is 3.48. The average molecular weight is 301 g/mol. The minimum absolute atomic E-state index is 0.0771. The number of nitrogens with one attached hydrogen (secondary N) is 1. The number of piperidine rings is 1. The molecule has 0 saturated carbocycles. The standard InChI is InChI=1S/C12H19N3O4S/c1-8-11(9(2)19-14-8)20(17,18)15-7-5-4-6-10(15)12(16)13-3/h10H,4-7H2,1-3H3,(H,13,16)/t10-/m0/s1. The topological polar surface area (TPSA) is 92.5 Å². The summed E-state index contributed by atoms with van der Waals surface area (Å²) in [5.74, 6) is -0.0243. The summed E-state index contributed by atoms with van der Waals surface area (Å²) in [5.41, 5.74) is 0.323. The molecule has 2 heterocycles. The first-order valence-electron chi connectivity index (χ1n) is 6.56. The molecule has 0 aromatic carbocycles. The monoisotopic (exact) mass is 301 g/mol. The quantitative estimate of drug-likeness (QED) is 0.881. The summed E-state index contributed by atoms with van der Waals surface area (Å²) in [6, 6.07) is -0.660. The molecule has 20 heavy (non-hydrogen) atoms. The highest BCUT2D eigenvalue weighted by Gasteiger charge is 2.39. The van der Waals surface area contributed by atoms with Crippen molar-refractivity contribution in [1.29, 1.82) is 0 Å². The summed E-state index contributed by atoms with van der Waals surface area (Å²) in [5, 5.41) is 6.21. The second-order valence-corrected chi connectivity index (χ2v) is 6.72. The molecule has 0 bridgehead atoms. The number of amides is 1. The lowest BCUT2D eigenvalue weighted by Crippen LogP contribution is -2.51. The summed E-state index contributed by atoms with van der Waals surface area (Å²) >= 11 is 0. The third-order valence-corrected chi connectivity index (χ3v) is 5.69. The predicted octanol–water partition coefficient (Wildman–Crippen LogP) is 0.581. The molecule has 1 atom stereocenters. The van der Waals surface area contributed by atoms with E-state index in [2.05, 4.69) is 10.5 Å². The van der Waals surface area contributed by atoms with Crippen LogP contribution in [0, 0.1) is 13.8 Å². The van der Waals surface area contributed by atoms with Gasteiger partial charge in [-0.25, -0.2) is 8.42 Å². The van der Waals surface area contributed by atoms with Gasteiger partial charge in [-0.2, -0.15) is 4.31 Å². The van der Waals surface area contributed by atoms with Crippen LogP contribution in [-0.4, -0.2) is 43.4 Å². The molecule has 1 aromatic rings. The van der Waals surface area contributed by atoms with Crippen molar-refractivity contribution in [2.75, 3.05) is 13.6 Å². The molecule has 1 N–H and O–H groups in total. The third-order valence-electron chi connectivity index (χ3n) is 3.54. The molecule has 112 valence electrons. The molecule has 7 nitrogen and oxygen atoms in total. The van der Waals surface area contributed by atoms with Crippen LogP contribution in [0.3, 0.4) is 0 Å². The Morgan fingerprint density at radius 1 is 1.40 bits per heavy atom. The molecule has 0 spiro atoms. The van der Waals surface area contributed by atoms with E-state index in [1.54, 1.807) is 13.8 Å². The van der Waals surface area contributed by atoms with Crippen LogP contribution in [0.15, 0.2) is 9.42 Å². The molecule has 1 amide bonds. The van der Waals surface area contributed by atoms with Crippen molar-refractivity contribution < 1.29 is 17.7 Å². The number of rotatable bonds is 3. The van der Waals surface area contributed by atoms with Gasteiger partial charge < -0.3 is 9.84 Å². The van der Waals surface area contributed by atoms with Crippen molar-refractivity contribution in [3.05, 3.63) is 11.5 Å². The van der Waals surface area contributed by atoms with Crippen LogP contribution in [0.1, 0.15) is 30.7 Å². The maximum Gasteiger partial charge on any atom is 0.249 e. The van der Waals surface area contributed by atoms with E-state index in [1.165, 1.54) is 11.4 Å². The fraction of sp³-hybridized carbons (Fsp3) is 0.667. The molecule has 8 heteroatoms. The number of nitrogens with zero attached hydrogens (tertiary/aromatic N) is 2. The number of aryl methyl sites for hydroxylation is 2. The number of hydrogen-bond donors (Lipinski definition) is 1. The number of likely N-dealkylation sites (N-methyl/N-ethyl adjacent to an activating group) is 1. The molecule has 1 aliphatic rings. The van der Waals surface area contributed by atoms with Crippen molar-refractivity contribution in [2.24, 2.45) is 0 Å². The van der Waals surface area contributed by atoms with Gasteiger partial charge in [-0.1, -0.05) is 11.6 Å². The smallest absolute Gasteiger partial charge is 0.249 e. The number of sulfonamides is 1. The van der Waals surface area contributed by atoms with Crippen molar-refractivity contribution in [2.45, 2.75) is 44.0 Å². The van der Waals surface area contributed by atoms with Gasteiger partial charge in [-0.05, 0) is 26.7 Å². The minimum atomic E-state index is -3.77. The maximum absolute atomic E-state index is 12.8. The van der Waals surface area contributed by atoms with Gasteiger partial charge in [0.25, 0.3) is 0 Å². The highest BCUT2D eigenvalue weighted by molar-refractivity contribution is 7.89. The van der Waals surface area contributed by atoms with Gasteiger partial charge in [-0.3, -0.25) is 4.79 Å². The largest absolute Gasteiger partial charge is 0.360 e. The Hall–Kier alpha value is -1.41. The fourth-order valence-electron chi connectivity index (χ4n) is 2.58. The molecule has 0 radical (unpaired) electrons. The second kappa shape index (κ2) is 5.53. The summed E-state index contributed by atoms with van der Waals surface area (Å²) < 4.78 is 31.7. The fourth-order valence-corrected chi connectivity index (χ4v) is 4.53. The lowest BCUT2D eigenvalue weighted by atomic mass is 10.0. The second-order valence-electron chi connectivity index (χ2n) is 4.89. The van der Waals surface area contributed by atoms with Crippen LogP contribution in [0.5, 0.6) is 0 Å². The van der Waals surface area contributed by atoms with Crippen LogP contribution < -0.4 is 5.32 Å². The lowest BCUT2D eigenvalue weighted by molar-refractivity contribution is -0.125. The van der Waals surface area contributed by atoms with Crippen molar-refractivity contribution in [3.8, 4) is 0 Å². The van der Waals surface area contributed by atoms with E-state index in [4.69, 9.17) is 4.52 Å². The van der Waals surface area contributed by atoms with E-state index in [-0.39, 0.29) is 16.6 Å². The molecule has 0 unspecified atom stereocenters. The van der Waals surface area contributed by atoms with Crippen LogP contribution in [0.2, 0.25) is 0 Å². The molecular formula is C12H19N3O4S. The Labute approximate surface area is 118 Å². The molecule has 0 aliphatic carbocycles. The molecule has 1 aromatic heterocycles. The summed E-state index contributed by atoms with van der Waals surface area (Å²) in [6.07, 6.45) is 2.12. The Bertz CT molecular complexity index is 589. The van der Waals surface area contributed by atoms with Gasteiger partial charge in [0, 0.05) is 13.6 Å². The molecular weight excluding hydrogens is 282 g/mol. The Morgan fingerprint density at radius 2 is 2.10 bits per heavy atom. The van der Waals surface area contributed by atoms with Crippen molar-refractivity contribution in [1.82, 2.24) is 14.8 Å². The van der Waals surface area contributed by atoms with E-state index in [0.717, 1.165) is 12.8 Å². The van der Waals surface area contributed by atoms with E-state index < -0.39 is 16.1 Å². The molecule has 1 aliphatic heterocycles. The summed E-state index contributed by atoms with van der Waals surface area (Å²) in [7, 11) is -2.26. The predicted molar refractivity (Wildman–Crippen MR) is 71.6 cm³/mol. The first-order chi connectivity index (χ1) is 9.39. The van der Waals surface area contributed by atoms with Crippen LogP contribution in [-0.2, 0) is 14.8 Å². The highest BCUT2D eigenvalue weighted by atomic mass is 32.2. The zero-order valence-corrected chi connectivity index (χ0v) is 12.7. The van der Waals surface area contributed by atoms with E-state index in [0.29, 0.717) is 18.7 Å². The minimum Gasteiger partial charge on any atom is -0.360 e. The Kier molecular flexibility index (Phi) is 4.14. The van der Waals surface area contributed by atoms with Gasteiger partial charge in [0.2, 0.25) is 15.9 Å². The summed E-state index contributed by atoms with van der Waals surface area (Å²) in [4.78, 5) is 12.0. The van der Waals surface area contributed by atoms with Crippen molar-refractivity contribution >= 4 is 15.9 Å². The van der Waals surface area contributed by atoms with Gasteiger partial charge in [0.15, 0.2) is 5.76 Å². The van der Waals surface area contributed by atoms with Gasteiger partial charge in [-0.15, -0.1) is 0 Å². The number of hydrogen-bond acceptors (Lipinski definition) is 5. The first-order valence-corrected chi connectivity index (χ1v) is 8.00. The lowest BCUT2D eigenvalue weighted by Gasteiger charge is -2.33. The van der Waals surface area contributed by atoms with Gasteiger partial charge >= 0.3 is 0 Å². The van der Waals surface area contributed by atoms with Crippen molar-refractivity contribution in [3.63, 3.8) is 0 Å².